The van der Waals surface area contributed by atoms with Gasteiger partial charge in [-0.1, -0.05) is 42.5 Å². The first-order chi connectivity index (χ1) is 9.27. The maximum absolute atomic E-state index is 2.33. The van der Waals surface area contributed by atoms with Crippen molar-refractivity contribution in [1.82, 2.24) is 0 Å². The van der Waals surface area contributed by atoms with Gasteiger partial charge in [-0.05, 0) is 10.8 Å². The summed E-state index contributed by atoms with van der Waals surface area (Å²) in [5.74, 6) is 0. The molecular weight excluding hydrogens is 244 g/mol. The fourth-order valence-electron chi connectivity index (χ4n) is 2.54. The molecule has 0 aromatic heterocycles. The predicted octanol–water partition coefficient (Wildman–Crippen LogP) is 3.12. The van der Waals surface area contributed by atoms with E-state index in [1.54, 1.807) is 0 Å². The summed E-state index contributed by atoms with van der Waals surface area (Å²) in [4.78, 5) is 0. The average Bonchev–Trinajstić information content (AvgIpc) is 2.36. The van der Waals surface area contributed by atoms with E-state index in [9.17, 15) is 0 Å². The molecule has 108 valence electrons. The monoisotopic (exact) mass is 272 g/mol. The molecule has 0 aliphatic carbocycles. The Labute approximate surface area is 123 Å². The van der Waals surface area contributed by atoms with E-state index < -0.39 is 0 Å². The number of nitrogens with zero attached hydrogens (tertiary/aromatic N) is 2. The molecular formula is C18H28N2+2. The molecule has 2 rings (SSSR count). The van der Waals surface area contributed by atoms with Crippen LogP contribution in [0.2, 0.25) is 0 Å². The van der Waals surface area contributed by atoms with Crippen molar-refractivity contribution in [2.24, 2.45) is 0 Å². The lowest BCUT2D eigenvalue weighted by Crippen LogP contribution is -2.48. The molecule has 0 aliphatic heterocycles. The van der Waals surface area contributed by atoms with Gasteiger partial charge >= 0.3 is 0 Å². The second kappa shape index (κ2) is 5.55. The number of likely N-dealkylation sites (N-methyl/N-ethyl adjacent to an activating group) is 2. The van der Waals surface area contributed by atoms with Crippen LogP contribution in [0.15, 0.2) is 42.5 Å². The summed E-state index contributed by atoms with van der Waals surface area (Å²) >= 11 is 0. The van der Waals surface area contributed by atoms with E-state index in [4.69, 9.17) is 0 Å². The van der Waals surface area contributed by atoms with Crippen molar-refractivity contribution in [3.63, 3.8) is 0 Å². The van der Waals surface area contributed by atoms with Crippen molar-refractivity contribution >= 4 is 10.8 Å². The van der Waals surface area contributed by atoms with Crippen LogP contribution >= 0.6 is 0 Å². The summed E-state index contributed by atoms with van der Waals surface area (Å²) in [5.41, 5.74) is 1.45. The zero-order valence-corrected chi connectivity index (χ0v) is 13.6. The van der Waals surface area contributed by atoms with Gasteiger partial charge in [-0.3, -0.25) is 0 Å². The highest BCUT2D eigenvalue weighted by atomic mass is 15.4. The molecule has 2 aromatic rings. The molecule has 0 radical (unpaired) electrons. The van der Waals surface area contributed by atoms with Crippen LogP contribution in [0.3, 0.4) is 0 Å². The number of fused-ring (bicyclic) bond motifs is 1. The Hall–Kier alpha value is -1.38. The standard InChI is InChI=1S/C18H28N2/c1-19(2,3)13-14-20(4,5)15-17-11-8-10-16-9-6-7-12-18(16)17/h6-12H,13-15H2,1-5H3/q+2. The van der Waals surface area contributed by atoms with Crippen molar-refractivity contribution in [2.75, 3.05) is 48.3 Å². The Morgan fingerprint density at radius 3 is 2.10 bits per heavy atom. The molecule has 0 bridgehead atoms. The van der Waals surface area contributed by atoms with Crippen LogP contribution in [0.25, 0.3) is 10.8 Å². The second-order valence-electron chi connectivity index (χ2n) is 7.47. The number of hydrogen-bond acceptors (Lipinski definition) is 0. The fourth-order valence-corrected chi connectivity index (χ4v) is 2.54. The van der Waals surface area contributed by atoms with Crippen LogP contribution in [0, 0.1) is 0 Å². The van der Waals surface area contributed by atoms with E-state index in [0.717, 1.165) is 15.5 Å². The highest BCUT2D eigenvalue weighted by molar-refractivity contribution is 5.85. The third kappa shape index (κ3) is 4.06. The van der Waals surface area contributed by atoms with Crippen molar-refractivity contribution in [3.05, 3.63) is 48.0 Å². The molecule has 0 heterocycles. The minimum absolute atomic E-state index is 1.03. The third-order valence-electron chi connectivity index (χ3n) is 3.85. The van der Waals surface area contributed by atoms with E-state index in [-0.39, 0.29) is 0 Å². The first-order valence-corrected chi connectivity index (χ1v) is 7.36. The van der Waals surface area contributed by atoms with E-state index >= 15 is 0 Å². The van der Waals surface area contributed by atoms with Crippen LogP contribution in [-0.2, 0) is 6.54 Å². The van der Waals surface area contributed by atoms with Gasteiger partial charge in [0, 0.05) is 5.56 Å². The molecule has 0 spiro atoms. The van der Waals surface area contributed by atoms with E-state index in [1.165, 1.54) is 29.4 Å². The summed E-state index contributed by atoms with van der Waals surface area (Å²) in [7, 11) is 11.4. The van der Waals surface area contributed by atoms with Crippen molar-refractivity contribution in [1.29, 1.82) is 0 Å². The Morgan fingerprint density at radius 1 is 0.750 bits per heavy atom. The van der Waals surface area contributed by atoms with Gasteiger partial charge in [0.15, 0.2) is 0 Å². The summed E-state index contributed by atoms with van der Waals surface area (Å²) in [6.07, 6.45) is 0. The summed E-state index contributed by atoms with van der Waals surface area (Å²) in [6, 6.07) is 15.3. The zero-order chi connectivity index (χ0) is 14.8. The molecule has 0 N–H and O–H groups in total. The highest BCUT2D eigenvalue weighted by Crippen LogP contribution is 2.21. The molecule has 2 nitrogen and oxygen atoms in total. The van der Waals surface area contributed by atoms with Crippen LogP contribution in [0.1, 0.15) is 5.56 Å². The molecule has 0 aliphatic rings. The van der Waals surface area contributed by atoms with Gasteiger partial charge in [0.1, 0.15) is 19.6 Å². The lowest BCUT2D eigenvalue weighted by atomic mass is 10.0. The van der Waals surface area contributed by atoms with Gasteiger partial charge in [0.05, 0.1) is 35.2 Å². The van der Waals surface area contributed by atoms with Crippen molar-refractivity contribution < 1.29 is 8.97 Å². The Balaban J connectivity index is 2.19. The zero-order valence-electron chi connectivity index (χ0n) is 13.6. The largest absolute Gasteiger partial charge is 0.326 e. The summed E-state index contributed by atoms with van der Waals surface area (Å²) in [6.45, 7) is 3.46. The van der Waals surface area contributed by atoms with Crippen molar-refractivity contribution in [2.45, 2.75) is 6.54 Å². The van der Waals surface area contributed by atoms with Gasteiger partial charge in [-0.25, -0.2) is 0 Å². The number of hydrogen-bond donors (Lipinski definition) is 0. The molecule has 0 saturated heterocycles. The average molecular weight is 272 g/mol. The molecule has 0 amide bonds. The normalized spacial score (nSPS) is 12.8. The Bertz CT molecular complexity index is 574. The SMILES string of the molecule is C[N+](C)(C)CC[N+](C)(C)Cc1cccc2ccccc12. The van der Waals surface area contributed by atoms with Gasteiger partial charge < -0.3 is 8.97 Å². The maximum Gasteiger partial charge on any atom is 0.128 e. The smallest absolute Gasteiger partial charge is 0.128 e. The molecule has 0 atom stereocenters. The first-order valence-electron chi connectivity index (χ1n) is 7.36. The van der Waals surface area contributed by atoms with Crippen LogP contribution in [-0.4, -0.2) is 57.3 Å². The topological polar surface area (TPSA) is 0 Å². The molecule has 20 heavy (non-hydrogen) atoms. The minimum Gasteiger partial charge on any atom is -0.326 e. The van der Waals surface area contributed by atoms with Crippen molar-refractivity contribution in [3.8, 4) is 0 Å². The van der Waals surface area contributed by atoms with Gasteiger partial charge in [-0.15, -0.1) is 0 Å². The highest BCUT2D eigenvalue weighted by Gasteiger charge is 2.21. The Kier molecular flexibility index (Phi) is 4.17. The van der Waals surface area contributed by atoms with Crippen LogP contribution in [0.4, 0.5) is 0 Å². The first kappa shape index (κ1) is 15.0. The van der Waals surface area contributed by atoms with Crippen LogP contribution < -0.4 is 0 Å². The number of quaternary nitrogens is 2. The lowest BCUT2D eigenvalue weighted by molar-refractivity contribution is -0.945. The van der Waals surface area contributed by atoms with Gasteiger partial charge in [-0.2, -0.15) is 0 Å². The van der Waals surface area contributed by atoms with Crippen LogP contribution in [0.5, 0.6) is 0 Å². The van der Waals surface area contributed by atoms with Gasteiger partial charge in [0.2, 0.25) is 0 Å². The molecule has 0 saturated carbocycles. The second-order valence-corrected chi connectivity index (χ2v) is 7.47. The Morgan fingerprint density at radius 2 is 1.40 bits per heavy atom. The summed E-state index contributed by atoms with van der Waals surface area (Å²) < 4.78 is 2.06. The van der Waals surface area contributed by atoms with E-state index in [1.807, 2.05) is 0 Å². The molecule has 2 heteroatoms. The molecule has 0 unspecified atom stereocenters. The van der Waals surface area contributed by atoms with E-state index in [2.05, 4.69) is 77.7 Å². The number of rotatable bonds is 5. The quantitative estimate of drug-likeness (QED) is 0.734. The molecule has 0 fully saturated rings. The summed E-state index contributed by atoms with van der Waals surface area (Å²) in [5, 5.41) is 2.74. The maximum atomic E-state index is 2.33. The van der Waals surface area contributed by atoms with Gasteiger partial charge in [0.25, 0.3) is 0 Å². The molecule has 2 aromatic carbocycles. The number of benzene rings is 2. The fraction of sp³-hybridized carbons (Fsp3) is 0.444. The minimum atomic E-state index is 1.03. The predicted molar refractivity (Wildman–Crippen MR) is 87.5 cm³/mol. The lowest BCUT2D eigenvalue weighted by Gasteiger charge is -2.33. The van der Waals surface area contributed by atoms with E-state index in [0.29, 0.717) is 0 Å². The third-order valence-corrected chi connectivity index (χ3v) is 3.85.